The number of hydrogen-bond acceptors (Lipinski definition) is 6. The molecule has 30 heavy (non-hydrogen) atoms. The van der Waals surface area contributed by atoms with Gasteiger partial charge in [-0.15, -0.1) is 0 Å². The molecule has 1 aromatic carbocycles. The van der Waals surface area contributed by atoms with E-state index in [1.54, 1.807) is 28.8 Å². The summed E-state index contributed by atoms with van der Waals surface area (Å²) in [5.74, 6) is -1.24. The topological polar surface area (TPSA) is 102 Å². The fraction of sp³-hybridized carbons (Fsp3) is 0.300. The highest BCUT2D eigenvalue weighted by Gasteiger charge is 2.44. The maximum absolute atomic E-state index is 13.2. The molecule has 3 heterocycles. The van der Waals surface area contributed by atoms with Gasteiger partial charge in [-0.3, -0.25) is 9.59 Å². The highest BCUT2D eigenvalue weighted by Crippen LogP contribution is 2.44. The van der Waals surface area contributed by atoms with Gasteiger partial charge in [-0.25, -0.2) is 23.3 Å². The average molecular weight is 445 g/mol. The fourth-order valence-corrected chi connectivity index (χ4v) is 5.69. The first-order valence-electron chi connectivity index (χ1n) is 9.67. The van der Waals surface area contributed by atoms with Crippen LogP contribution in [0.25, 0.3) is 11.2 Å². The van der Waals surface area contributed by atoms with Gasteiger partial charge < -0.3 is 4.57 Å². The van der Waals surface area contributed by atoms with Crippen LogP contribution in [0.3, 0.4) is 0 Å². The number of benzene rings is 1. The predicted octanol–water partition coefficient (Wildman–Crippen LogP) is 3.66. The number of aromatic nitrogens is 3. The zero-order valence-electron chi connectivity index (χ0n) is 15.8. The van der Waals surface area contributed by atoms with Gasteiger partial charge in [0, 0.05) is 29.1 Å². The molecule has 5 rings (SSSR count). The van der Waals surface area contributed by atoms with Crippen LogP contribution in [0.15, 0.2) is 41.6 Å². The Balaban J connectivity index is 1.85. The van der Waals surface area contributed by atoms with E-state index in [1.165, 1.54) is 12.4 Å². The Kier molecular flexibility index (Phi) is 4.41. The Labute approximate surface area is 176 Å². The van der Waals surface area contributed by atoms with Gasteiger partial charge in [0.15, 0.2) is 10.5 Å². The SMILES string of the molecule is O=C1c2ccccc2C(=O)N1c1c(S(=O)(=O)Cl)c2nccnc2n1C1CCCCC1. The lowest BCUT2D eigenvalue weighted by atomic mass is 9.95. The van der Waals surface area contributed by atoms with Crippen molar-refractivity contribution >= 4 is 48.5 Å². The number of anilines is 1. The first kappa shape index (κ1) is 19.2. The molecule has 1 aliphatic heterocycles. The predicted molar refractivity (Wildman–Crippen MR) is 110 cm³/mol. The molecule has 0 atom stereocenters. The zero-order chi connectivity index (χ0) is 21.0. The number of imide groups is 1. The van der Waals surface area contributed by atoms with Crippen molar-refractivity contribution in [2.24, 2.45) is 0 Å². The summed E-state index contributed by atoms with van der Waals surface area (Å²) >= 11 is 0. The molecule has 8 nitrogen and oxygen atoms in total. The number of carbonyl (C=O) groups excluding carboxylic acids is 2. The Hall–Kier alpha value is -2.78. The van der Waals surface area contributed by atoms with Crippen molar-refractivity contribution < 1.29 is 18.0 Å². The van der Waals surface area contributed by atoms with Gasteiger partial charge in [-0.2, -0.15) is 0 Å². The minimum Gasteiger partial charge on any atom is -0.306 e. The van der Waals surface area contributed by atoms with Crippen molar-refractivity contribution in [1.82, 2.24) is 14.5 Å². The minimum absolute atomic E-state index is 0.0598. The quantitative estimate of drug-likeness (QED) is 0.451. The van der Waals surface area contributed by atoms with E-state index in [4.69, 9.17) is 10.7 Å². The van der Waals surface area contributed by atoms with E-state index < -0.39 is 20.9 Å². The Morgan fingerprint density at radius 2 is 1.53 bits per heavy atom. The van der Waals surface area contributed by atoms with Crippen molar-refractivity contribution in [3.8, 4) is 0 Å². The van der Waals surface area contributed by atoms with Crippen molar-refractivity contribution in [1.29, 1.82) is 0 Å². The summed E-state index contributed by atoms with van der Waals surface area (Å²) in [6.07, 6.45) is 7.36. The summed E-state index contributed by atoms with van der Waals surface area (Å²) in [5.41, 5.74) is 0.809. The van der Waals surface area contributed by atoms with Crippen LogP contribution in [0.5, 0.6) is 0 Å². The average Bonchev–Trinajstić information content (AvgIpc) is 3.21. The first-order chi connectivity index (χ1) is 14.4. The second kappa shape index (κ2) is 6.88. The van der Waals surface area contributed by atoms with E-state index in [0.717, 1.165) is 37.0 Å². The normalized spacial score (nSPS) is 17.7. The highest BCUT2D eigenvalue weighted by atomic mass is 35.7. The van der Waals surface area contributed by atoms with E-state index >= 15 is 0 Å². The molecule has 1 aliphatic carbocycles. The van der Waals surface area contributed by atoms with Gasteiger partial charge in [0.1, 0.15) is 11.3 Å². The van der Waals surface area contributed by atoms with Crippen LogP contribution in [0, 0.1) is 0 Å². The third-order valence-corrected chi connectivity index (χ3v) is 7.07. The summed E-state index contributed by atoms with van der Waals surface area (Å²) in [6.45, 7) is 0. The molecule has 2 aliphatic rings. The van der Waals surface area contributed by atoms with Crippen molar-refractivity contribution in [3.05, 3.63) is 47.8 Å². The molecular weight excluding hydrogens is 428 g/mol. The fourth-order valence-electron chi connectivity index (χ4n) is 4.48. The number of halogens is 1. The number of hydrogen-bond donors (Lipinski definition) is 0. The number of carbonyl (C=O) groups is 2. The second-order valence-electron chi connectivity index (χ2n) is 7.47. The molecule has 3 aromatic rings. The lowest BCUT2D eigenvalue weighted by Gasteiger charge is -2.28. The molecule has 2 amide bonds. The number of fused-ring (bicyclic) bond motifs is 2. The molecule has 0 N–H and O–H groups in total. The van der Waals surface area contributed by atoms with Gasteiger partial charge >= 0.3 is 0 Å². The Bertz CT molecular complexity index is 1280. The lowest BCUT2D eigenvalue weighted by Crippen LogP contribution is -2.33. The van der Waals surface area contributed by atoms with Crippen molar-refractivity contribution in [2.45, 2.75) is 43.0 Å². The first-order valence-corrected chi connectivity index (χ1v) is 12.0. The summed E-state index contributed by atoms with van der Waals surface area (Å²) < 4.78 is 27.0. The van der Waals surface area contributed by atoms with Gasteiger partial charge in [-0.05, 0) is 25.0 Å². The van der Waals surface area contributed by atoms with E-state index in [9.17, 15) is 18.0 Å². The Morgan fingerprint density at radius 1 is 0.933 bits per heavy atom. The zero-order valence-corrected chi connectivity index (χ0v) is 17.4. The van der Waals surface area contributed by atoms with Crippen LogP contribution in [-0.4, -0.2) is 34.8 Å². The van der Waals surface area contributed by atoms with Crippen molar-refractivity contribution in [3.63, 3.8) is 0 Å². The van der Waals surface area contributed by atoms with Crippen molar-refractivity contribution in [2.75, 3.05) is 4.90 Å². The van der Waals surface area contributed by atoms with Crippen LogP contribution < -0.4 is 4.90 Å². The molecule has 0 saturated heterocycles. The number of amides is 2. The van der Waals surface area contributed by atoms with E-state index in [0.29, 0.717) is 5.65 Å². The summed E-state index contributed by atoms with van der Waals surface area (Å²) in [4.78, 5) is 35.5. The number of nitrogens with zero attached hydrogens (tertiary/aromatic N) is 4. The molecule has 10 heteroatoms. The summed E-state index contributed by atoms with van der Waals surface area (Å²) in [7, 11) is 1.48. The smallest absolute Gasteiger partial charge is 0.267 e. The number of rotatable bonds is 3. The van der Waals surface area contributed by atoms with Gasteiger partial charge in [-0.1, -0.05) is 31.4 Å². The molecule has 0 spiro atoms. The molecule has 0 radical (unpaired) electrons. The van der Waals surface area contributed by atoms with Gasteiger partial charge in [0.05, 0.1) is 11.1 Å². The maximum Gasteiger partial charge on any atom is 0.267 e. The van der Waals surface area contributed by atoms with Crippen LogP contribution >= 0.6 is 10.7 Å². The van der Waals surface area contributed by atoms with Crippen LogP contribution in [0.1, 0.15) is 58.9 Å². The van der Waals surface area contributed by atoms with E-state index in [1.807, 2.05) is 0 Å². The largest absolute Gasteiger partial charge is 0.306 e. The van der Waals surface area contributed by atoms with Crippen LogP contribution in [-0.2, 0) is 9.05 Å². The summed E-state index contributed by atoms with van der Waals surface area (Å²) in [5, 5.41) is 0. The lowest BCUT2D eigenvalue weighted by molar-refractivity contribution is 0.0922. The molecule has 1 fully saturated rings. The van der Waals surface area contributed by atoms with E-state index in [2.05, 4.69) is 9.97 Å². The molecule has 0 bridgehead atoms. The summed E-state index contributed by atoms with van der Waals surface area (Å²) in [6, 6.07) is 6.30. The molecule has 154 valence electrons. The molecule has 0 unspecified atom stereocenters. The molecule has 1 saturated carbocycles. The van der Waals surface area contributed by atoms with Crippen LogP contribution in [0.4, 0.5) is 5.82 Å². The monoisotopic (exact) mass is 444 g/mol. The standard InChI is InChI=1S/C20H17ClN4O4S/c21-30(28,29)16-15-17(23-11-10-22-15)24(12-6-2-1-3-7-12)18(16)25-19(26)13-8-4-5-9-14(13)20(25)27/h4-5,8-12H,1-3,6-7H2. The highest BCUT2D eigenvalue weighted by molar-refractivity contribution is 8.14. The minimum atomic E-state index is -4.35. The van der Waals surface area contributed by atoms with Gasteiger partial charge in [0.2, 0.25) is 0 Å². The Morgan fingerprint density at radius 3 is 2.13 bits per heavy atom. The third kappa shape index (κ3) is 2.76. The van der Waals surface area contributed by atoms with Crippen LogP contribution in [0.2, 0.25) is 0 Å². The molecular formula is C20H17ClN4O4S. The second-order valence-corrected chi connectivity index (χ2v) is 9.98. The third-order valence-electron chi connectivity index (χ3n) is 5.74. The maximum atomic E-state index is 13.2. The molecule has 2 aromatic heterocycles. The van der Waals surface area contributed by atoms with E-state index in [-0.39, 0.29) is 33.4 Å². The van der Waals surface area contributed by atoms with Gasteiger partial charge in [0.25, 0.3) is 20.9 Å².